The van der Waals surface area contributed by atoms with Gasteiger partial charge < -0.3 is 5.32 Å². The van der Waals surface area contributed by atoms with Crippen LogP contribution in [0.15, 0.2) is 42.7 Å². The van der Waals surface area contributed by atoms with Gasteiger partial charge in [-0.1, -0.05) is 13.0 Å². The van der Waals surface area contributed by atoms with Gasteiger partial charge in [-0.2, -0.15) is 0 Å². The minimum absolute atomic E-state index is 0.0489. The van der Waals surface area contributed by atoms with Crippen molar-refractivity contribution in [3.63, 3.8) is 0 Å². The highest BCUT2D eigenvalue weighted by Gasteiger charge is 2.12. The van der Waals surface area contributed by atoms with E-state index in [-0.39, 0.29) is 11.9 Å². The summed E-state index contributed by atoms with van der Waals surface area (Å²) in [6.07, 6.45) is 2.73. The fraction of sp³-hybridized carbons (Fsp3) is 0.300. The number of aromatic nitrogens is 2. The summed E-state index contributed by atoms with van der Waals surface area (Å²) in [6, 6.07) is 12.3. The average molecular weight is 321 g/mol. The number of benzene rings is 2. The van der Waals surface area contributed by atoms with Crippen molar-refractivity contribution in [2.24, 2.45) is 0 Å². The first kappa shape index (κ1) is 16.2. The topological polar surface area (TPSA) is 46.9 Å². The van der Waals surface area contributed by atoms with E-state index < -0.39 is 0 Å². The van der Waals surface area contributed by atoms with Crippen LogP contribution in [0.4, 0.5) is 0 Å². The van der Waals surface area contributed by atoms with Gasteiger partial charge in [0.25, 0.3) is 5.91 Å². The van der Waals surface area contributed by atoms with E-state index in [1.54, 1.807) is 0 Å². The Morgan fingerprint density at radius 2 is 1.88 bits per heavy atom. The van der Waals surface area contributed by atoms with Crippen molar-refractivity contribution in [2.45, 2.75) is 40.2 Å². The van der Waals surface area contributed by atoms with E-state index in [1.807, 2.05) is 31.5 Å². The Kier molecular flexibility index (Phi) is 4.38. The molecule has 0 bridgehead atoms. The minimum Gasteiger partial charge on any atom is -0.350 e. The van der Waals surface area contributed by atoms with Crippen LogP contribution in [0.25, 0.3) is 16.7 Å². The number of rotatable bonds is 4. The first-order valence-corrected chi connectivity index (χ1v) is 8.34. The number of carbonyl (C=O) groups is 1. The standard InChI is InChI=1S/C20H23N3O/c1-5-15(4)22-20(24)16-6-7-19-18(11-16)21-12-23(19)17-9-13(2)8-14(3)10-17/h6-12,15H,5H2,1-4H3,(H,22,24). The maximum Gasteiger partial charge on any atom is 0.251 e. The van der Waals surface area contributed by atoms with E-state index in [4.69, 9.17) is 0 Å². The summed E-state index contributed by atoms with van der Waals surface area (Å²) >= 11 is 0. The largest absolute Gasteiger partial charge is 0.350 e. The molecular weight excluding hydrogens is 298 g/mol. The summed E-state index contributed by atoms with van der Waals surface area (Å²) in [5.74, 6) is -0.0489. The Bertz CT molecular complexity index is 875. The van der Waals surface area contributed by atoms with Crippen molar-refractivity contribution in [2.75, 3.05) is 0 Å². The number of hydrogen-bond acceptors (Lipinski definition) is 2. The Labute approximate surface area is 142 Å². The molecule has 4 heteroatoms. The maximum absolute atomic E-state index is 12.3. The Hall–Kier alpha value is -2.62. The second-order valence-corrected chi connectivity index (χ2v) is 6.45. The SMILES string of the molecule is CCC(C)NC(=O)c1ccc2c(c1)ncn2-c1cc(C)cc(C)c1. The Morgan fingerprint density at radius 3 is 2.54 bits per heavy atom. The monoisotopic (exact) mass is 321 g/mol. The molecule has 0 aliphatic heterocycles. The maximum atomic E-state index is 12.3. The van der Waals surface area contributed by atoms with E-state index in [9.17, 15) is 4.79 Å². The lowest BCUT2D eigenvalue weighted by atomic mass is 10.1. The number of nitrogens with one attached hydrogen (secondary N) is 1. The van der Waals surface area contributed by atoms with Crippen molar-refractivity contribution in [3.8, 4) is 5.69 Å². The van der Waals surface area contributed by atoms with Gasteiger partial charge in [-0.15, -0.1) is 0 Å². The number of nitrogens with zero attached hydrogens (tertiary/aromatic N) is 2. The van der Waals surface area contributed by atoms with Crippen LogP contribution >= 0.6 is 0 Å². The summed E-state index contributed by atoms with van der Waals surface area (Å²) in [7, 11) is 0. The molecule has 0 saturated heterocycles. The first-order chi connectivity index (χ1) is 11.5. The fourth-order valence-corrected chi connectivity index (χ4v) is 2.86. The second kappa shape index (κ2) is 6.48. The third-order valence-corrected chi connectivity index (χ3v) is 4.28. The average Bonchev–Trinajstić information content (AvgIpc) is 2.96. The van der Waals surface area contributed by atoms with Gasteiger partial charge in [-0.25, -0.2) is 4.98 Å². The Balaban J connectivity index is 1.98. The lowest BCUT2D eigenvalue weighted by Crippen LogP contribution is -2.31. The molecule has 0 spiro atoms. The molecule has 0 aliphatic carbocycles. The molecule has 2 aromatic carbocycles. The van der Waals surface area contributed by atoms with Crippen LogP contribution in [0, 0.1) is 13.8 Å². The van der Waals surface area contributed by atoms with Gasteiger partial charge in [-0.05, 0) is 68.7 Å². The zero-order valence-electron chi connectivity index (χ0n) is 14.6. The summed E-state index contributed by atoms with van der Waals surface area (Å²) in [5, 5.41) is 2.99. The van der Waals surface area contributed by atoms with Gasteiger partial charge >= 0.3 is 0 Å². The molecule has 1 aromatic heterocycles. The second-order valence-electron chi connectivity index (χ2n) is 6.45. The number of fused-ring (bicyclic) bond motifs is 1. The third kappa shape index (κ3) is 3.18. The lowest BCUT2D eigenvalue weighted by Gasteiger charge is -2.11. The summed E-state index contributed by atoms with van der Waals surface area (Å²) in [5.41, 5.74) is 6.00. The summed E-state index contributed by atoms with van der Waals surface area (Å²) in [4.78, 5) is 16.8. The number of amides is 1. The van der Waals surface area contributed by atoms with Crippen LogP contribution in [0.2, 0.25) is 0 Å². The van der Waals surface area contributed by atoms with Crippen LogP contribution in [0.5, 0.6) is 0 Å². The normalized spacial score (nSPS) is 12.3. The molecule has 0 radical (unpaired) electrons. The molecule has 1 N–H and O–H groups in total. The molecule has 1 amide bonds. The van der Waals surface area contributed by atoms with E-state index in [0.717, 1.165) is 23.1 Å². The predicted octanol–water partition coefficient (Wildman–Crippen LogP) is 4.17. The molecule has 1 unspecified atom stereocenters. The van der Waals surface area contributed by atoms with Gasteiger partial charge in [0.15, 0.2) is 0 Å². The molecule has 0 fully saturated rings. The number of carbonyl (C=O) groups excluding carboxylic acids is 1. The van der Waals surface area contributed by atoms with E-state index in [1.165, 1.54) is 11.1 Å². The van der Waals surface area contributed by atoms with Crippen molar-refractivity contribution >= 4 is 16.9 Å². The number of imidazole rings is 1. The molecule has 1 atom stereocenters. The van der Waals surface area contributed by atoms with Gasteiger partial charge in [0, 0.05) is 17.3 Å². The van der Waals surface area contributed by atoms with E-state index in [0.29, 0.717) is 5.56 Å². The molecule has 0 saturated carbocycles. The molecule has 4 nitrogen and oxygen atoms in total. The number of aryl methyl sites for hydroxylation is 2. The predicted molar refractivity (Wildman–Crippen MR) is 97.8 cm³/mol. The molecule has 1 heterocycles. The molecule has 24 heavy (non-hydrogen) atoms. The van der Waals surface area contributed by atoms with Crippen LogP contribution in [-0.4, -0.2) is 21.5 Å². The molecule has 3 rings (SSSR count). The summed E-state index contributed by atoms with van der Waals surface area (Å²) in [6.45, 7) is 8.24. The van der Waals surface area contributed by atoms with Gasteiger partial charge in [0.05, 0.1) is 11.0 Å². The molecule has 3 aromatic rings. The highest BCUT2D eigenvalue weighted by atomic mass is 16.1. The van der Waals surface area contributed by atoms with Crippen molar-refractivity contribution in [1.29, 1.82) is 0 Å². The minimum atomic E-state index is -0.0489. The summed E-state index contributed by atoms with van der Waals surface area (Å²) < 4.78 is 2.06. The van der Waals surface area contributed by atoms with Gasteiger partial charge in [0.2, 0.25) is 0 Å². The van der Waals surface area contributed by atoms with Gasteiger partial charge in [-0.3, -0.25) is 9.36 Å². The van der Waals surface area contributed by atoms with Crippen molar-refractivity contribution < 1.29 is 4.79 Å². The molecule has 0 aliphatic rings. The zero-order chi connectivity index (χ0) is 17.3. The zero-order valence-corrected chi connectivity index (χ0v) is 14.6. The van der Waals surface area contributed by atoms with E-state index >= 15 is 0 Å². The highest BCUT2D eigenvalue weighted by molar-refractivity contribution is 5.97. The van der Waals surface area contributed by atoms with Crippen LogP contribution in [-0.2, 0) is 0 Å². The lowest BCUT2D eigenvalue weighted by molar-refractivity contribution is 0.0939. The number of hydrogen-bond donors (Lipinski definition) is 1. The van der Waals surface area contributed by atoms with Crippen molar-refractivity contribution in [3.05, 3.63) is 59.4 Å². The highest BCUT2D eigenvalue weighted by Crippen LogP contribution is 2.21. The van der Waals surface area contributed by atoms with E-state index in [2.05, 4.69) is 53.8 Å². The van der Waals surface area contributed by atoms with Crippen LogP contribution in [0.3, 0.4) is 0 Å². The first-order valence-electron chi connectivity index (χ1n) is 8.34. The fourth-order valence-electron chi connectivity index (χ4n) is 2.86. The smallest absolute Gasteiger partial charge is 0.251 e. The van der Waals surface area contributed by atoms with Crippen LogP contribution < -0.4 is 5.32 Å². The third-order valence-electron chi connectivity index (χ3n) is 4.28. The quantitative estimate of drug-likeness (QED) is 0.784. The Morgan fingerprint density at radius 1 is 1.17 bits per heavy atom. The molecular formula is C20H23N3O. The molecule has 124 valence electrons. The van der Waals surface area contributed by atoms with Crippen LogP contribution in [0.1, 0.15) is 41.8 Å². The van der Waals surface area contributed by atoms with Crippen molar-refractivity contribution in [1.82, 2.24) is 14.9 Å². The van der Waals surface area contributed by atoms with Gasteiger partial charge in [0.1, 0.15) is 6.33 Å².